The molecular formula is C13H24N2O4. The zero-order valence-electron chi connectivity index (χ0n) is 11.6. The second kappa shape index (κ2) is 7.33. The maximum Gasteiger partial charge on any atom is 0.326 e. The standard InChI is InChI=1S/C13H24N2O4/c1-9(2)7-11(12(17)18)14-13(19)15-5-3-10(8-16)4-6-15/h9-11,16H,3-8H2,1-2H3,(H,14,19)(H,17,18)/t11-/m1/s1. The molecular weight excluding hydrogens is 248 g/mol. The van der Waals surface area contributed by atoms with Crippen LogP contribution in [0.2, 0.25) is 0 Å². The predicted octanol–water partition coefficient (Wildman–Crippen LogP) is 0.900. The van der Waals surface area contributed by atoms with Gasteiger partial charge in [0.25, 0.3) is 0 Å². The third-order valence-electron chi connectivity index (χ3n) is 3.46. The van der Waals surface area contributed by atoms with Crippen molar-refractivity contribution in [1.29, 1.82) is 0 Å². The minimum Gasteiger partial charge on any atom is -0.480 e. The lowest BCUT2D eigenvalue weighted by atomic mass is 9.98. The summed E-state index contributed by atoms with van der Waals surface area (Å²) in [5.74, 6) is -0.524. The molecule has 1 saturated heterocycles. The minimum absolute atomic E-state index is 0.153. The molecule has 0 aromatic rings. The number of carbonyl (C=O) groups excluding carboxylic acids is 1. The van der Waals surface area contributed by atoms with E-state index >= 15 is 0 Å². The quantitative estimate of drug-likeness (QED) is 0.693. The highest BCUT2D eigenvalue weighted by Gasteiger charge is 2.26. The molecule has 0 bridgehead atoms. The first-order chi connectivity index (χ1) is 8.93. The van der Waals surface area contributed by atoms with Crippen molar-refractivity contribution in [1.82, 2.24) is 10.2 Å². The van der Waals surface area contributed by atoms with Crippen molar-refractivity contribution >= 4 is 12.0 Å². The van der Waals surface area contributed by atoms with Crippen LogP contribution in [-0.4, -0.2) is 52.9 Å². The van der Waals surface area contributed by atoms with Crippen LogP contribution in [0.15, 0.2) is 0 Å². The summed E-state index contributed by atoms with van der Waals surface area (Å²) in [6.45, 7) is 5.15. The van der Waals surface area contributed by atoms with Gasteiger partial charge in [0.15, 0.2) is 0 Å². The Bertz CT molecular complexity index is 312. The van der Waals surface area contributed by atoms with Gasteiger partial charge in [-0.1, -0.05) is 13.8 Å². The number of hydrogen-bond donors (Lipinski definition) is 3. The highest BCUT2D eigenvalue weighted by Crippen LogP contribution is 2.16. The molecule has 1 fully saturated rings. The van der Waals surface area contributed by atoms with Crippen LogP contribution in [-0.2, 0) is 4.79 Å². The summed E-state index contributed by atoms with van der Waals surface area (Å²) >= 11 is 0. The molecule has 1 aliphatic rings. The Hall–Kier alpha value is -1.30. The molecule has 0 unspecified atom stereocenters. The molecule has 19 heavy (non-hydrogen) atoms. The second-order valence-electron chi connectivity index (χ2n) is 5.58. The topological polar surface area (TPSA) is 89.9 Å². The fraction of sp³-hybridized carbons (Fsp3) is 0.846. The molecule has 0 aliphatic carbocycles. The van der Waals surface area contributed by atoms with Gasteiger partial charge in [-0.25, -0.2) is 9.59 Å². The number of rotatable bonds is 5. The van der Waals surface area contributed by atoms with Crippen molar-refractivity contribution in [2.45, 2.75) is 39.2 Å². The van der Waals surface area contributed by atoms with Gasteiger partial charge in [0.1, 0.15) is 6.04 Å². The van der Waals surface area contributed by atoms with Gasteiger partial charge < -0.3 is 20.4 Å². The monoisotopic (exact) mass is 272 g/mol. The van der Waals surface area contributed by atoms with Crippen molar-refractivity contribution in [2.24, 2.45) is 11.8 Å². The van der Waals surface area contributed by atoms with Crippen LogP contribution < -0.4 is 5.32 Å². The van der Waals surface area contributed by atoms with E-state index < -0.39 is 12.0 Å². The number of aliphatic hydroxyl groups is 1. The average Bonchev–Trinajstić information content (AvgIpc) is 2.37. The van der Waals surface area contributed by atoms with E-state index in [2.05, 4.69) is 5.32 Å². The molecule has 0 spiro atoms. The van der Waals surface area contributed by atoms with Crippen LogP contribution in [0.5, 0.6) is 0 Å². The number of urea groups is 1. The van der Waals surface area contributed by atoms with Crippen LogP contribution in [0.3, 0.4) is 0 Å². The van der Waals surface area contributed by atoms with Crippen LogP contribution in [0.1, 0.15) is 33.1 Å². The number of nitrogens with one attached hydrogen (secondary N) is 1. The number of carboxylic acid groups (broad SMARTS) is 1. The van der Waals surface area contributed by atoms with E-state index in [0.29, 0.717) is 19.5 Å². The first-order valence-corrected chi connectivity index (χ1v) is 6.83. The van der Waals surface area contributed by atoms with Crippen LogP contribution in [0, 0.1) is 11.8 Å². The number of piperidine rings is 1. The maximum absolute atomic E-state index is 12.0. The van der Waals surface area contributed by atoms with E-state index in [1.165, 1.54) is 0 Å². The molecule has 0 saturated carbocycles. The lowest BCUT2D eigenvalue weighted by molar-refractivity contribution is -0.139. The Labute approximate surface area is 113 Å². The zero-order chi connectivity index (χ0) is 14.4. The van der Waals surface area contributed by atoms with E-state index in [9.17, 15) is 9.59 Å². The number of amides is 2. The number of carboxylic acids is 1. The first-order valence-electron chi connectivity index (χ1n) is 6.83. The molecule has 1 rings (SSSR count). The van der Waals surface area contributed by atoms with Gasteiger partial charge in [-0.2, -0.15) is 0 Å². The summed E-state index contributed by atoms with van der Waals surface area (Å²) in [4.78, 5) is 24.7. The summed E-state index contributed by atoms with van der Waals surface area (Å²) in [7, 11) is 0. The Morgan fingerprint density at radius 1 is 1.32 bits per heavy atom. The molecule has 1 heterocycles. The molecule has 1 aliphatic heterocycles. The highest BCUT2D eigenvalue weighted by atomic mass is 16.4. The molecule has 6 heteroatoms. The van der Waals surface area contributed by atoms with Gasteiger partial charge in [0.05, 0.1) is 0 Å². The number of likely N-dealkylation sites (tertiary alicyclic amines) is 1. The third kappa shape index (κ3) is 5.06. The Kier molecular flexibility index (Phi) is 6.08. The van der Waals surface area contributed by atoms with Crippen molar-refractivity contribution in [3.8, 4) is 0 Å². The van der Waals surface area contributed by atoms with Gasteiger partial charge >= 0.3 is 12.0 Å². The van der Waals surface area contributed by atoms with E-state index in [1.807, 2.05) is 13.8 Å². The summed E-state index contributed by atoms with van der Waals surface area (Å²) < 4.78 is 0. The van der Waals surface area contributed by atoms with E-state index in [4.69, 9.17) is 10.2 Å². The van der Waals surface area contributed by atoms with Crippen LogP contribution in [0.25, 0.3) is 0 Å². The summed E-state index contributed by atoms with van der Waals surface area (Å²) in [6.07, 6.45) is 1.96. The Morgan fingerprint density at radius 3 is 2.32 bits per heavy atom. The summed E-state index contributed by atoms with van der Waals surface area (Å²) in [6, 6.07) is -1.15. The molecule has 110 valence electrons. The molecule has 0 aromatic heterocycles. The van der Waals surface area contributed by atoms with Gasteiger partial charge in [-0.3, -0.25) is 0 Å². The average molecular weight is 272 g/mol. The largest absolute Gasteiger partial charge is 0.480 e. The first kappa shape index (κ1) is 15.8. The third-order valence-corrected chi connectivity index (χ3v) is 3.46. The Morgan fingerprint density at radius 2 is 1.89 bits per heavy atom. The molecule has 2 amide bonds. The summed E-state index contributed by atoms with van der Waals surface area (Å²) in [5, 5.41) is 20.7. The fourth-order valence-electron chi connectivity index (χ4n) is 2.25. The SMILES string of the molecule is CC(C)C[C@@H](NC(=O)N1CCC(CO)CC1)C(=O)O. The predicted molar refractivity (Wildman–Crippen MR) is 70.8 cm³/mol. The minimum atomic E-state index is -0.993. The van der Waals surface area contributed by atoms with Gasteiger partial charge in [-0.15, -0.1) is 0 Å². The fourth-order valence-corrected chi connectivity index (χ4v) is 2.25. The van der Waals surface area contributed by atoms with Crippen molar-refractivity contribution in [3.05, 3.63) is 0 Å². The second-order valence-corrected chi connectivity index (χ2v) is 5.58. The zero-order valence-corrected chi connectivity index (χ0v) is 11.6. The van der Waals surface area contributed by atoms with E-state index in [-0.39, 0.29) is 24.5 Å². The molecule has 0 aromatic carbocycles. The van der Waals surface area contributed by atoms with Crippen LogP contribution >= 0.6 is 0 Å². The van der Waals surface area contributed by atoms with Gasteiger partial charge in [-0.05, 0) is 31.1 Å². The maximum atomic E-state index is 12.0. The summed E-state index contributed by atoms with van der Waals surface area (Å²) in [5.41, 5.74) is 0. The number of nitrogens with zero attached hydrogens (tertiary/aromatic N) is 1. The molecule has 1 atom stereocenters. The van der Waals surface area contributed by atoms with Crippen molar-refractivity contribution in [3.63, 3.8) is 0 Å². The van der Waals surface area contributed by atoms with Gasteiger partial charge in [0.2, 0.25) is 0 Å². The van der Waals surface area contributed by atoms with Crippen molar-refractivity contribution < 1.29 is 19.8 Å². The molecule has 0 radical (unpaired) electrons. The molecule has 6 nitrogen and oxygen atoms in total. The number of aliphatic carboxylic acids is 1. The van der Waals surface area contributed by atoms with E-state index in [0.717, 1.165) is 12.8 Å². The lowest BCUT2D eigenvalue weighted by Gasteiger charge is -2.32. The van der Waals surface area contributed by atoms with Gasteiger partial charge in [0, 0.05) is 19.7 Å². The van der Waals surface area contributed by atoms with Crippen molar-refractivity contribution in [2.75, 3.05) is 19.7 Å². The smallest absolute Gasteiger partial charge is 0.326 e. The van der Waals surface area contributed by atoms with Crippen LogP contribution in [0.4, 0.5) is 4.79 Å². The molecule has 3 N–H and O–H groups in total. The number of aliphatic hydroxyl groups excluding tert-OH is 1. The number of carbonyl (C=O) groups is 2. The highest BCUT2D eigenvalue weighted by molar-refractivity contribution is 5.82. The number of hydrogen-bond acceptors (Lipinski definition) is 3. The lowest BCUT2D eigenvalue weighted by Crippen LogP contribution is -2.50. The van der Waals surface area contributed by atoms with E-state index in [1.54, 1.807) is 4.90 Å². The normalized spacial score (nSPS) is 18.4. The Balaban J connectivity index is 2.46.